The van der Waals surface area contributed by atoms with Gasteiger partial charge in [-0.3, -0.25) is 4.79 Å². The number of benzene rings is 1. The number of ether oxygens (including phenoxy) is 2. The summed E-state index contributed by atoms with van der Waals surface area (Å²) in [6.07, 6.45) is 5.38. The quantitative estimate of drug-likeness (QED) is 0.623. The van der Waals surface area contributed by atoms with Crippen LogP contribution in [0.5, 0.6) is 0 Å². The standard InChI is InChI=1S/C24H35FN2O6S/c25-18-6-9-21(10-7-18)34(30,31)27-14-19(28)15-32-16-23-22(27)11-8-20(33-23)12-24(29)26-13-17-4-2-1-3-5-17/h6-7,9-10,17,19-20,22-23,28H,1-5,8,11-16H2,(H,26,29)/t19-,20-,22+,23-/m0/s1. The zero-order valence-electron chi connectivity index (χ0n) is 19.4. The van der Waals surface area contributed by atoms with Crippen LogP contribution in [0, 0.1) is 11.7 Å². The molecule has 2 N–H and O–H groups in total. The molecular formula is C24H35FN2O6S. The van der Waals surface area contributed by atoms with Gasteiger partial charge in [0.1, 0.15) is 5.82 Å². The molecule has 2 saturated heterocycles. The van der Waals surface area contributed by atoms with Gasteiger partial charge >= 0.3 is 0 Å². The number of amides is 1. The number of aliphatic hydroxyl groups is 1. The molecule has 1 saturated carbocycles. The molecule has 3 aliphatic rings. The van der Waals surface area contributed by atoms with Gasteiger partial charge in [0, 0.05) is 13.1 Å². The molecule has 2 heterocycles. The van der Waals surface area contributed by atoms with Crippen LogP contribution in [0.25, 0.3) is 0 Å². The first-order valence-corrected chi connectivity index (χ1v) is 13.7. The van der Waals surface area contributed by atoms with E-state index in [1.54, 1.807) is 0 Å². The number of hydrogen-bond donors (Lipinski definition) is 2. The number of hydrogen-bond acceptors (Lipinski definition) is 6. The van der Waals surface area contributed by atoms with Gasteiger partial charge in [-0.05, 0) is 55.9 Å². The smallest absolute Gasteiger partial charge is 0.243 e. The Kier molecular flexibility index (Phi) is 8.57. The number of carbonyl (C=O) groups excluding carboxylic acids is 1. The summed E-state index contributed by atoms with van der Waals surface area (Å²) in [6, 6.07) is 4.11. The number of nitrogens with one attached hydrogen (secondary N) is 1. The minimum Gasteiger partial charge on any atom is -0.389 e. The molecule has 0 spiro atoms. The highest BCUT2D eigenvalue weighted by molar-refractivity contribution is 7.89. The number of rotatable bonds is 6. The zero-order chi connectivity index (χ0) is 24.1. The van der Waals surface area contributed by atoms with Crippen molar-refractivity contribution in [3.63, 3.8) is 0 Å². The van der Waals surface area contributed by atoms with Crippen molar-refractivity contribution in [1.82, 2.24) is 9.62 Å². The molecule has 34 heavy (non-hydrogen) atoms. The molecule has 10 heteroatoms. The number of aliphatic hydroxyl groups excluding tert-OH is 1. The highest BCUT2D eigenvalue weighted by atomic mass is 32.2. The number of nitrogens with zero attached hydrogens (tertiary/aromatic N) is 1. The van der Waals surface area contributed by atoms with E-state index in [0.29, 0.717) is 25.3 Å². The Morgan fingerprint density at radius 2 is 1.82 bits per heavy atom. The fraction of sp³-hybridized carbons (Fsp3) is 0.708. The molecule has 3 fully saturated rings. The molecule has 0 bridgehead atoms. The number of β-amino-alcohol motifs (C(OH)–C–C–N with tert-alkyl or cyclic N) is 1. The van der Waals surface area contributed by atoms with Crippen molar-refractivity contribution in [1.29, 1.82) is 0 Å². The maximum Gasteiger partial charge on any atom is 0.243 e. The predicted molar refractivity (Wildman–Crippen MR) is 123 cm³/mol. The van der Waals surface area contributed by atoms with Crippen LogP contribution in [0.2, 0.25) is 0 Å². The largest absolute Gasteiger partial charge is 0.389 e. The van der Waals surface area contributed by atoms with Crippen molar-refractivity contribution in [2.75, 3.05) is 26.3 Å². The molecule has 1 aromatic rings. The second-order valence-corrected chi connectivity index (χ2v) is 11.6. The van der Waals surface area contributed by atoms with Gasteiger partial charge in [0.25, 0.3) is 0 Å². The average molecular weight is 499 g/mol. The summed E-state index contributed by atoms with van der Waals surface area (Å²) in [5.74, 6) is -0.0273. The number of halogens is 1. The van der Waals surface area contributed by atoms with Crippen LogP contribution in [-0.4, -0.2) is 74.4 Å². The number of fused-ring (bicyclic) bond motifs is 1. The fourth-order valence-electron chi connectivity index (χ4n) is 5.24. The second kappa shape index (κ2) is 11.4. The first-order chi connectivity index (χ1) is 16.3. The molecule has 0 unspecified atom stereocenters. The lowest BCUT2D eigenvalue weighted by atomic mass is 9.89. The minimum absolute atomic E-state index is 0.0193. The first kappa shape index (κ1) is 25.5. The van der Waals surface area contributed by atoms with Crippen molar-refractivity contribution in [2.24, 2.45) is 5.92 Å². The maximum absolute atomic E-state index is 13.4. The van der Waals surface area contributed by atoms with Crippen molar-refractivity contribution in [3.05, 3.63) is 30.1 Å². The van der Waals surface area contributed by atoms with E-state index in [1.165, 1.54) is 35.7 Å². The zero-order valence-corrected chi connectivity index (χ0v) is 20.2. The summed E-state index contributed by atoms with van der Waals surface area (Å²) < 4.78 is 53.1. The summed E-state index contributed by atoms with van der Waals surface area (Å²) in [6.45, 7) is 0.658. The van der Waals surface area contributed by atoms with Crippen molar-refractivity contribution < 1.29 is 32.2 Å². The molecular weight excluding hydrogens is 463 g/mol. The highest BCUT2D eigenvalue weighted by Crippen LogP contribution is 2.31. The Bertz CT molecular complexity index is 922. The van der Waals surface area contributed by atoms with Gasteiger partial charge in [-0.1, -0.05) is 19.3 Å². The molecule has 0 aromatic heterocycles. The lowest BCUT2D eigenvalue weighted by Gasteiger charge is -2.43. The van der Waals surface area contributed by atoms with Crippen LogP contribution in [-0.2, 0) is 24.3 Å². The molecule has 8 nitrogen and oxygen atoms in total. The third kappa shape index (κ3) is 6.34. The average Bonchev–Trinajstić information content (AvgIpc) is 2.81. The SMILES string of the molecule is O=C(C[C@@H]1CC[C@@H]2[C@H](COC[C@@H](O)CN2S(=O)(=O)c2ccc(F)cc2)O1)NCC1CCCCC1. The van der Waals surface area contributed by atoms with Crippen LogP contribution < -0.4 is 5.32 Å². The van der Waals surface area contributed by atoms with Crippen LogP contribution in [0.3, 0.4) is 0 Å². The van der Waals surface area contributed by atoms with Gasteiger partial charge in [-0.25, -0.2) is 12.8 Å². The number of sulfonamides is 1. The predicted octanol–water partition coefficient (Wildman–Crippen LogP) is 2.21. The Morgan fingerprint density at radius 3 is 2.56 bits per heavy atom. The van der Waals surface area contributed by atoms with Crippen molar-refractivity contribution in [2.45, 2.75) is 80.6 Å². The molecule has 190 valence electrons. The molecule has 1 aliphatic carbocycles. The van der Waals surface area contributed by atoms with Crippen molar-refractivity contribution in [3.8, 4) is 0 Å². The number of carbonyl (C=O) groups is 1. The molecule has 0 radical (unpaired) electrons. The van der Waals surface area contributed by atoms with E-state index >= 15 is 0 Å². The van der Waals surface area contributed by atoms with Gasteiger partial charge in [-0.15, -0.1) is 0 Å². The normalized spacial score (nSPS) is 29.6. The van der Waals surface area contributed by atoms with Crippen molar-refractivity contribution >= 4 is 15.9 Å². The van der Waals surface area contributed by atoms with Gasteiger partial charge in [-0.2, -0.15) is 4.31 Å². The van der Waals surface area contributed by atoms with Crippen LogP contribution in [0.1, 0.15) is 51.4 Å². The second-order valence-electron chi connectivity index (χ2n) is 9.67. The lowest BCUT2D eigenvalue weighted by Crippen LogP contribution is -2.57. The fourth-order valence-corrected chi connectivity index (χ4v) is 6.96. The molecule has 4 atom stereocenters. The third-order valence-electron chi connectivity index (χ3n) is 7.08. The van der Waals surface area contributed by atoms with Gasteiger partial charge in [0.05, 0.1) is 48.9 Å². The summed E-state index contributed by atoms with van der Waals surface area (Å²) in [5, 5.41) is 13.3. The molecule has 1 aromatic carbocycles. The van der Waals surface area contributed by atoms with E-state index < -0.39 is 34.1 Å². The monoisotopic (exact) mass is 498 g/mol. The van der Waals surface area contributed by atoms with Crippen LogP contribution >= 0.6 is 0 Å². The summed E-state index contributed by atoms with van der Waals surface area (Å²) in [7, 11) is -3.99. The summed E-state index contributed by atoms with van der Waals surface area (Å²) in [4.78, 5) is 12.5. The lowest BCUT2D eigenvalue weighted by molar-refractivity contribution is -0.146. The minimum atomic E-state index is -3.99. The highest BCUT2D eigenvalue weighted by Gasteiger charge is 2.43. The summed E-state index contributed by atoms with van der Waals surface area (Å²) >= 11 is 0. The van der Waals surface area contributed by atoms with E-state index in [4.69, 9.17) is 9.47 Å². The maximum atomic E-state index is 13.4. The Balaban J connectivity index is 1.40. The Morgan fingerprint density at radius 1 is 1.09 bits per heavy atom. The van der Waals surface area contributed by atoms with E-state index in [0.717, 1.165) is 25.0 Å². The molecule has 1 amide bonds. The van der Waals surface area contributed by atoms with Crippen LogP contribution in [0.4, 0.5) is 4.39 Å². The molecule has 4 rings (SSSR count). The van der Waals surface area contributed by atoms with Gasteiger partial charge < -0.3 is 19.9 Å². The summed E-state index contributed by atoms with van der Waals surface area (Å²) in [5.41, 5.74) is 0. The van der Waals surface area contributed by atoms with Crippen LogP contribution in [0.15, 0.2) is 29.2 Å². The Labute approximate surface area is 200 Å². The van der Waals surface area contributed by atoms with E-state index in [-0.39, 0.29) is 43.1 Å². The van der Waals surface area contributed by atoms with E-state index in [2.05, 4.69) is 5.32 Å². The Hall–Kier alpha value is -1.59. The van der Waals surface area contributed by atoms with E-state index in [9.17, 15) is 22.7 Å². The van der Waals surface area contributed by atoms with E-state index in [1.807, 2.05) is 0 Å². The topological polar surface area (TPSA) is 105 Å². The van der Waals surface area contributed by atoms with Gasteiger partial charge in [0.2, 0.25) is 15.9 Å². The van der Waals surface area contributed by atoms with Gasteiger partial charge in [0.15, 0.2) is 0 Å². The first-order valence-electron chi connectivity index (χ1n) is 12.3. The molecule has 2 aliphatic heterocycles. The third-order valence-corrected chi connectivity index (χ3v) is 8.98.